The van der Waals surface area contributed by atoms with Gasteiger partial charge in [0.25, 0.3) is 0 Å². The van der Waals surface area contributed by atoms with Gasteiger partial charge >= 0.3 is 0 Å². The largest absolute Gasteiger partial charge is 0.369 e. The van der Waals surface area contributed by atoms with Gasteiger partial charge in [0.2, 0.25) is 5.96 Å². The van der Waals surface area contributed by atoms with Gasteiger partial charge in [-0.3, -0.25) is 5.41 Å². The van der Waals surface area contributed by atoms with Gasteiger partial charge in [-0.05, 0) is 5.56 Å². The van der Waals surface area contributed by atoms with E-state index in [1.165, 1.54) is 0 Å². The molecular formula is C16H16N4. The second-order valence-electron chi connectivity index (χ2n) is 4.61. The SMILES string of the molecule is N=C(N)N1NCC(c2ccccc2)=C1c1ccccc1. The van der Waals surface area contributed by atoms with Crippen molar-refractivity contribution in [1.82, 2.24) is 10.4 Å². The molecule has 0 saturated heterocycles. The number of rotatable bonds is 2. The van der Waals surface area contributed by atoms with Gasteiger partial charge in [0.1, 0.15) is 0 Å². The second kappa shape index (κ2) is 5.19. The van der Waals surface area contributed by atoms with E-state index in [1.54, 1.807) is 5.01 Å². The molecule has 4 N–H and O–H groups in total. The highest BCUT2D eigenvalue weighted by atomic mass is 15.6. The third-order valence-electron chi connectivity index (χ3n) is 3.33. The van der Waals surface area contributed by atoms with Crippen LogP contribution >= 0.6 is 0 Å². The molecule has 4 heteroatoms. The number of hydrogen-bond acceptors (Lipinski definition) is 2. The molecule has 0 atom stereocenters. The molecule has 2 aromatic rings. The van der Waals surface area contributed by atoms with Gasteiger partial charge < -0.3 is 5.73 Å². The summed E-state index contributed by atoms with van der Waals surface area (Å²) in [4.78, 5) is 0. The van der Waals surface area contributed by atoms with Crippen molar-refractivity contribution in [3.63, 3.8) is 0 Å². The molecule has 0 radical (unpaired) electrons. The molecule has 20 heavy (non-hydrogen) atoms. The zero-order valence-electron chi connectivity index (χ0n) is 11.0. The smallest absolute Gasteiger partial charge is 0.207 e. The van der Waals surface area contributed by atoms with Crippen molar-refractivity contribution in [2.45, 2.75) is 0 Å². The Morgan fingerprint density at radius 3 is 2.05 bits per heavy atom. The van der Waals surface area contributed by atoms with Crippen LogP contribution in [0.1, 0.15) is 11.1 Å². The molecule has 0 fully saturated rings. The molecule has 1 heterocycles. The van der Waals surface area contributed by atoms with Crippen molar-refractivity contribution >= 4 is 17.2 Å². The molecule has 1 aliphatic heterocycles. The van der Waals surface area contributed by atoms with Gasteiger partial charge in [0, 0.05) is 17.7 Å². The molecule has 4 nitrogen and oxygen atoms in total. The zero-order chi connectivity index (χ0) is 13.9. The highest BCUT2D eigenvalue weighted by Crippen LogP contribution is 2.31. The minimum absolute atomic E-state index is 0.00483. The summed E-state index contributed by atoms with van der Waals surface area (Å²) >= 11 is 0. The van der Waals surface area contributed by atoms with E-state index in [4.69, 9.17) is 11.1 Å². The van der Waals surface area contributed by atoms with E-state index in [0.29, 0.717) is 6.54 Å². The Hall–Kier alpha value is -2.59. The molecule has 0 aliphatic carbocycles. The number of hydrogen-bond donors (Lipinski definition) is 3. The maximum absolute atomic E-state index is 7.73. The molecule has 1 aliphatic rings. The number of hydrazine groups is 1. The van der Waals surface area contributed by atoms with Gasteiger partial charge in [-0.25, -0.2) is 10.4 Å². The highest BCUT2D eigenvalue weighted by Gasteiger charge is 2.26. The van der Waals surface area contributed by atoms with Crippen LogP contribution in [0, 0.1) is 5.41 Å². The standard InChI is InChI=1S/C16H16N4/c17-16(18)20-15(13-9-5-2-6-10-13)14(11-19-20)12-7-3-1-4-8-12/h1-10,19H,11H2,(H3,17,18). The fourth-order valence-electron chi connectivity index (χ4n) is 2.44. The lowest BCUT2D eigenvalue weighted by Crippen LogP contribution is -2.41. The zero-order valence-corrected chi connectivity index (χ0v) is 11.0. The lowest BCUT2D eigenvalue weighted by atomic mass is 10.0. The molecule has 0 spiro atoms. The average molecular weight is 264 g/mol. The first-order valence-electron chi connectivity index (χ1n) is 6.49. The summed E-state index contributed by atoms with van der Waals surface area (Å²) in [6, 6.07) is 20.2. The van der Waals surface area contributed by atoms with Crippen molar-refractivity contribution in [1.29, 1.82) is 5.41 Å². The molecule has 0 unspecified atom stereocenters. The summed E-state index contributed by atoms with van der Waals surface area (Å²) in [5.41, 5.74) is 13.1. The Morgan fingerprint density at radius 1 is 0.950 bits per heavy atom. The lowest BCUT2D eigenvalue weighted by Gasteiger charge is -2.20. The van der Waals surface area contributed by atoms with Crippen LogP contribution in [-0.2, 0) is 0 Å². The van der Waals surface area contributed by atoms with Crippen LogP contribution in [0.2, 0.25) is 0 Å². The van der Waals surface area contributed by atoms with Gasteiger partial charge in [0.05, 0.1) is 5.70 Å². The third-order valence-corrected chi connectivity index (χ3v) is 3.33. The molecule has 0 bridgehead atoms. The van der Waals surface area contributed by atoms with E-state index in [9.17, 15) is 0 Å². The monoisotopic (exact) mass is 264 g/mol. The Kier molecular flexibility index (Phi) is 3.23. The normalized spacial score (nSPS) is 14.7. The number of nitrogens with two attached hydrogens (primary N) is 1. The number of guanidine groups is 1. The number of nitrogens with one attached hydrogen (secondary N) is 2. The fourth-order valence-corrected chi connectivity index (χ4v) is 2.44. The lowest BCUT2D eigenvalue weighted by molar-refractivity contribution is 0.472. The van der Waals surface area contributed by atoms with E-state index < -0.39 is 0 Å². The van der Waals surface area contributed by atoms with Crippen LogP contribution in [0.15, 0.2) is 60.7 Å². The molecule has 100 valence electrons. The Morgan fingerprint density at radius 2 is 1.50 bits per heavy atom. The topological polar surface area (TPSA) is 65.1 Å². The van der Waals surface area contributed by atoms with Gasteiger partial charge in [-0.1, -0.05) is 60.7 Å². The van der Waals surface area contributed by atoms with Crippen LogP contribution in [0.25, 0.3) is 11.3 Å². The quantitative estimate of drug-likeness (QED) is 0.576. The first-order chi connectivity index (χ1) is 9.77. The van der Waals surface area contributed by atoms with Crippen molar-refractivity contribution < 1.29 is 0 Å². The van der Waals surface area contributed by atoms with Crippen molar-refractivity contribution in [3.05, 3.63) is 71.8 Å². The minimum atomic E-state index is -0.00483. The fraction of sp³-hybridized carbons (Fsp3) is 0.0625. The van der Waals surface area contributed by atoms with Crippen molar-refractivity contribution in [3.8, 4) is 0 Å². The summed E-state index contributed by atoms with van der Waals surface area (Å²) in [5.74, 6) is -0.00483. The molecule has 0 saturated carbocycles. The van der Waals surface area contributed by atoms with Crippen LogP contribution in [0.4, 0.5) is 0 Å². The molecule has 3 rings (SSSR count). The summed E-state index contributed by atoms with van der Waals surface area (Å²) < 4.78 is 0. The summed E-state index contributed by atoms with van der Waals surface area (Å²) in [7, 11) is 0. The van der Waals surface area contributed by atoms with E-state index >= 15 is 0 Å². The Bertz CT molecular complexity index is 647. The Balaban J connectivity index is 2.16. The molecular weight excluding hydrogens is 248 g/mol. The van der Waals surface area contributed by atoms with Crippen molar-refractivity contribution in [2.75, 3.05) is 6.54 Å². The predicted molar refractivity (Wildman–Crippen MR) is 81.5 cm³/mol. The third kappa shape index (κ3) is 2.17. The average Bonchev–Trinajstić information content (AvgIpc) is 2.94. The van der Waals surface area contributed by atoms with E-state index in [1.807, 2.05) is 48.5 Å². The minimum Gasteiger partial charge on any atom is -0.369 e. The van der Waals surface area contributed by atoms with Gasteiger partial charge in [0.15, 0.2) is 0 Å². The van der Waals surface area contributed by atoms with Crippen LogP contribution in [0.3, 0.4) is 0 Å². The highest BCUT2D eigenvalue weighted by molar-refractivity contribution is 5.99. The van der Waals surface area contributed by atoms with E-state index in [0.717, 1.165) is 22.4 Å². The van der Waals surface area contributed by atoms with E-state index in [2.05, 4.69) is 17.6 Å². The maximum Gasteiger partial charge on any atom is 0.207 e. The van der Waals surface area contributed by atoms with Crippen LogP contribution < -0.4 is 11.2 Å². The van der Waals surface area contributed by atoms with Gasteiger partial charge in [-0.2, -0.15) is 0 Å². The van der Waals surface area contributed by atoms with Crippen molar-refractivity contribution in [2.24, 2.45) is 5.73 Å². The van der Waals surface area contributed by atoms with E-state index in [-0.39, 0.29) is 5.96 Å². The number of benzene rings is 2. The van der Waals surface area contributed by atoms with Gasteiger partial charge in [-0.15, -0.1) is 0 Å². The second-order valence-corrected chi connectivity index (χ2v) is 4.61. The summed E-state index contributed by atoms with van der Waals surface area (Å²) in [6.07, 6.45) is 0. The van der Waals surface area contributed by atoms with Crippen LogP contribution in [0.5, 0.6) is 0 Å². The first-order valence-corrected chi connectivity index (χ1v) is 6.49. The first kappa shape index (κ1) is 12.4. The maximum atomic E-state index is 7.73. The number of nitrogens with zero attached hydrogens (tertiary/aromatic N) is 1. The molecule has 0 amide bonds. The predicted octanol–water partition coefficient (Wildman–Crippen LogP) is 2.27. The molecule has 2 aromatic carbocycles. The summed E-state index contributed by atoms with van der Waals surface area (Å²) in [6.45, 7) is 0.661. The van der Waals surface area contributed by atoms with Crippen LogP contribution in [-0.4, -0.2) is 17.5 Å². The summed E-state index contributed by atoms with van der Waals surface area (Å²) in [5, 5.41) is 9.37. The Labute approximate surface area is 118 Å². The molecule has 0 aromatic heterocycles.